The van der Waals surface area contributed by atoms with Gasteiger partial charge in [-0.1, -0.05) is 182 Å². The van der Waals surface area contributed by atoms with Gasteiger partial charge in [0, 0.05) is 17.1 Å². The lowest BCUT2D eigenvalue weighted by Crippen LogP contribution is -2.10. The summed E-state index contributed by atoms with van der Waals surface area (Å²) in [6.45, 7) is 0. The van der Waals surface area contributed by atoms with E-state index in [0.29, 0.717) is 0 Å². The Bertz CT molecular complexity index is 2880. The van der Waals surface area contributed by atoms with Crippen LogP contribution in [0.3, 0.4) is 0 Å². The van der Waals surface area contributed by atoms with Gasteiger partial charge in [0.25, 0.3) is 0 Å². The Labute approximate surface area is 346 Å². The summed E-state index contributed by atoms with van der Waals surface area (Å²) in [7, 11) is 0. The fraction of sp³-hybridized carbons (Fsp3) is 0. The molecule has 0 spiro atoms. The van der Waals surface area contributed by atoms with E-state index in [1.165, 1.54) is 77.5 Å². The van der Waals surface area contributed by atoms with Gasteiger partial charge in [-0.3, -0.25) is 0 Å². The highest BCUT2D eigenvalue weighted by Crippen LogP contribution is 2.42. The third kappa shape index (κ3) is 7.58. The first-order valence-corrected chi connectivity index (χ1v) is 20.2. The maximum atomic E-state index is 2.39. The van der Waals surface area contributed by atoms with Gasteiger partial charge in [0.2, 0.25) is 0 Å². The van der Waals surface area contributed by atoms with Gasteiger partial charge in [-0.25, -0.2) is 0 Å². The first-order valence-electron chi connectivity index (χ1n) is 20.2. The number of hydrogen-bond donors (Lipinski definition) is 0. The number of anilines is 3. The zero-order chi connectivity index (χ0) is 39.4. The van der Waals surface area contributed by atoms with Gasteiger partial charge >= 0.3 is 0 Å². The van der Waals surface area contributed by atoms with Crippen molar-refractivity contribution in [1.29, 1.82) is 0 Å². The summed E-state index contributed by atoms with van der Waals surface area (Å²) in [5.41, 5.74) is 17.5. The SMILES string of the molecule is c1ccc(-c2cc(-c3ccccc3)cc(-c3ccc(N(c4ccc(-c5ccc6ccccc6c5)cc4)c4cc(-c5ccccc5)cc(-c5ccccc5)c4)cc3)c2)cc1. The first kappa shape index (κ1) is 35.7. The summed E-state index contributed by atoms with van der Waals surface area (Å²) >= 11 is 0. The third-order valence-corrected chi connectivity index (χ3v) is 11.2. The largest absolute Gasteiger partial charge is 0.310 e. The molecule has 0 N–H and O–H groups in total. The Kier molecular flexibility index (Phi) is 9.68. The van der Waals surface area contributed by atoms with E-state index in [0.717, 1.165) is 17.1 Å². The number of rotatable bonds is 9. The standard InChI is InChI=1S/C58H41N/c1-5-15-42(16-6-1)51-36-52(43-17-7-2-8-18-43)38-53(37-51)48-29-33-57(34-30-48)59(56-31-27-47(28-32-56)50-26-25-46-23-13-14-24-49(46)35-50)58-40-54(44-19-9-3-10-20-44)39-55(41-58)45-21-11-4-12-22-45/h1-41H. The molecule has 0 fully saturated rings. The van der Waals surface area contributed by atoms with E-state index in [-0.39, 0.29) is 0 Å². The molecule has 10 aromatic rings. The lowest BCUT2D eigenvalue weighted by molar-refractivity contribution is 1.28. The van der Waals surface area contributed by atoms with Crippen LogP contribution in [0, 0.1) is 0 Å². The number of nitrogens with zero attached hydrogens (tertiary/aromatic N) is 1. The molecule has 0 atom stereocenters. The second-order valence-corrected chi connectivity index (χ2v) is 15.0. The second kappa shape index (κ2) is 16.0. The third-order valence-electron chi connectivity index (χ3n) is 11.2. The quantitative estimate of drug-likeness (QED) is 0.142. The molecular formula is C58H41N. The van der Waals surface area contributed by atoms with E-state index in [2.05, 4.69) is 254 Å². The normalized spacial score (nSPS) is 11.1. The van der Waals surface area contributed by atoms with Gasteiger partial charge in [0.1, 0.15) is 0 Å². The van der Waals surface area contributed by atoms with Crippen molar-refractivity contribution in [3.63, 3.8) is 0 Å². The summed E-state index contributed by atoms with van der Waals surface area (Å²) < 4.78 is 0. The first-order chi connectivity index (χ1) is 29.2. The summed E-state index contributed by atoms with van der Waals surface area (Å²) in [5.74, 6) is 0. The summed E-state index contributed by atoms with van der Waals surface area (Å²) in [6.07, 6.45) is 0. The number of benzene rings is 10. The molecule has 0 saturated carbocycles. The Morgan fingerprint density at radius 2 is 0.475 bits per heavy atom. The molecule has 0 bridgehead atoms. The molecule has 0 radical (unpaired) electrons. The van der Waals surface area contributed by atoms with Crippen LogP contribution in [0.1, 0.15) is 0 Å². The number of fused-ring (bicyclic) bond motifs is 1. The molecule has 1 heteroatoms. The Balaban J connectivity index is 1.10. The van der Waals surface area contributed by atoms with Gasteiger partial charge in [-0.15, -0.1) is 0 Å². The molecule has 1 nitrogen and oxygen atoms in total. The zero-order valence-electron chi connectivity index (χ0n) is 32.6. The van der Waals surface area contributed by atoms with E-state index in [4.69, 9.17) is 0 Å². The fourth-order valence-electron chi connectivity index (χ4n) is 8.15. The molecule has 59 heavy (non-hydrogen) atoms. The van der Waals surface area contributed by atoms with E-state index < -0.39 is 0 Å². The van der Waals surface area contributed by atoms with Crippen molar-refractivity contribution in [3.05, 3.63) is 249 Å². The Morgan fingerprint density at radius 3 is 0.881 bits per heavy atom. The Hall–Kier alpha value is -7.74. The molecule has 10 rings (SSSR count). The van der Waals surface area contributed by atoms with Crippen molar-refractivity contribution < 1.29 is 0 Å². The van der Waals surface area contributed by atoms with Crippen LogP contribution in [-0.2, 0) is 0 Å². The van der Waals surface area contributed by atoms with Crippen molar-refractivity contribution >= 4 is 27.8 Å². The van der Waals surface area contributed by atoms with Crippen molar-refractivity contribution in [3.8, 4) is 66.8 Å². The minimum Gasteiger partial charge on any atom is -0.310 e. The van der Waals surface area contributed by atoms with Crippen molar-refractivity contribution in [2.75, 3.05) is 4.90 Å². The van der Waals surface area contributed by atoms with Crippen LogP contribution in [0.2, 0.25) is 0 Å². The minimum absolute atomic E-state index is 1.08. The van der Waals surface area contributed by atoms with Gasteiger partial charge in [0.05, 0.1) is 0 Å². The highest BCUT2D eigenvalue weighted by molar-refractivity contribution is 5.89. The van der Waals surface area contributed by atoms with Gasteiger partial charge in [-0.2, -0.15) is 0 Å². The Morgan fingerprint density at radius 1 is 0.169 bits per heavy atom. The smallest absolute Gasteiger partial charge is 0.0473 e. The second-order valence-electron chi connectivity index (χ2n) is 15.0. The van der Waals surface area contributed by atoms with Crippen LogP contribution in [-0.4, -0.2) is 0 Å². The maximum Gasteiger partial charge on any atom is 0.0473 e. The van der Waals surface area contributed by atoms with E-state index in [9.17, 15) is 0 Å². The average Bonchev–Trinajstić information content (AvgIpc) is 3.33. The summed E-state index contributed by atoms with van der Waals surface area (Å²) in [6, 6.07) is 89.9. The minimum atomic E-state index is 1.08. The van der Waals surface area contributed by atoms with Crippen molar-refractivity contribution in [2.45, 2.75) is 0 Å². The van der Waals surface area contributed by atoms with E-state index in [1.807, 2.05) is 0 Å². The predicted octanol–water partition coefficient (Wildman–Crippen LogP) is 16.3. The van der Waals surface area contributed by atoms with Gasteiger partial charge < -0.3 is 4.90 Å². The highest BCUT2D eigenvalue weighted by Gasteiger charge is 2.17. The number of hydrogen-bond acceptors (Lipinski definition) is 1. The molecular weight excluding hydrogens is 711 g/mol. The summed E-state index contributed by atoms with van der Waals surface area (Å²) in [5, 5.41) is 2.49. The van der Waals surface area contributed by atoms with Crippen molar-refractivity contribution in [2.24, 2.45) is 0 Å². The monoisotopic (exact) mass is 751 g/mol. The van der Waals surface area contributed by atoms with Gasteiger partial charge in [-0.05, 0) is 144 Å². The molecule has 0 amide bonds. The fourth-order valence-corrected chi connectivity index (χ4v) is 8.15. The van der Waals surface area contributed by atoms with Gasteiger partial charge in [0.15, 0.2) is 0 Å². The highest BCUT2D eigenvalue weighted by atomic mass is 15.1. The topological polar surface area (TPSA) is 3.24 Å². The molecule has 0 heterocycles. The lowest BCUT2D eigenvalue weighted by atomic mass is 9.93. The lowest BCUT2D eigenvalue weighted by Gasteiger charge is -2.27. The molecule has 10 aromatic carbocycles. The van der Waals surface area contributed by atoms with E-state index in [1.54, 1.807) is 0 Å². The molecule has 0 unspecified atom stereocenters. The average molecular weight is 752 g/mol. The maximum absolute atomic E-state index is 2.39. The van der Waals surface area contributed by atoms with Crippen LogP contribution >= 0.6 is 0 Å². The van der Waals surface area contributed by atoms with Crippen molar-refractivity contribution in [1.82, 2.24) is 0 Å². The molecule has 278 valence electrons. The van der Waals surface area contributed by atoms with Crippen LogP contribution in [0.15, 0.2) is 249 Å². The van der Waals surface area contributed by atoms with Crippen LogP contribution in [0.4, 0.5) is 17.1 Å². The molecule has 0 aliphatic heterocycles. The molecule has 0 aliphatic rings. The molecule has 0 aliphatic carbocycles. The van der Waals surface area contributed by atoms with Crippen LogP contribution in [0.5, 0.6) is 0 Å². The van der Waals surface area contributed by atoms with Crippen LogP contribution in [0.25, 0.3) is 77.5 Å². The van der Waals surface area contributed by atoms with Crippen LogP contribution < -0.4 is 4.90 Å². The molecule has 0 saturated heterocycles. The van der Waals surface area contributed by atoms with E-state index >= 15 is 0 Å². The predicted molar refractivity (Wildman–Crippen MR) is 251 cm³/mol. The summed E-state index contributed by atoms with van der Waals surface area (Å²) in [4.78, 5) is 2.39. The zero-order valence-corrected chi connectivity index (χ0v) is 32.6. The molecule has 0 aromatic heterocycles.